The molecule has 0 radical (unpaired) electrons. The van der Waals surface area contributed by atoms with Crippen molar-refractivity contribution in [2.75, 3.05) is 7.11 Å². The lowest BCUT2D eigenvalue weighted by atomic mass is 10.0. The summed E-state index contributed by atoms with van der Waals surface area (Å²) in [6.45, 7) is 2.03. The molecule has 16 heavy (non-hydrogen) atoms. The fourth-order valence-corrected chi connectivity index (χ4v) is 1.68. The van der Waals surface area contributed by atoms with Gasteiger partial charge < -0.3 is 9.84 Å². The molecule has 0 aliphatic carbocycles. The third-order valence-corrected chi connectivity index (χ3v) is 2.54. The van der Waals surface area contributed by atoms with Crippen LogP contribution in [0.2, 0.25) is 0 Å². The topological polar surface area (TPSA) is 29.5 Å². The van der Waals surface area contributed by atoms with Crippen molar-refractivity contribution in [1.29, 1.82) is 0 Å². The van der Waals surface area contributed by atoms with Gasteiger partial charge >= 0.3 is 0 Å². The van der Waals surface area contributed by atoms with Crippen molar-refractivity contribution in [1.82, 2.24) is 0 Å². The van der Waals surface area contributed by atoms with Gasteiger partial charge in [-0.15, -0.1) is 0 Å². The van der Waals surface area contributed by atoms with E-state index in [1.807, 2.05) is 37.3 Å². The summed E-state index contributed by atoms with van der Waals surface area (Å²) < 4.78 is 5.35. The molecule has 2 aromatic rings. The van der Waals surface area contributed by atoms with Gasteiger partial charge in [0, 0.05) is 5.56 Å². The van der Waals surface area contributed by atoms with Crippen LogP contribution in [0.3, 0.4) is 0 Å². The summed E-state index contributed by atoms with van der Waals surface area (Å²) in [7, 11) is 1.67. The molecule has 0 aliphatic rings. The first kappa shape index (κ1) is 10.6. The second-order valence-electron chi connectivity index (χ2n) is 3.75. The zero-order valence-electron chi connectivity index (χ0n) is 9.40. The highest BCUT2D eigenvalue weighted by Crippen LogP contribution is 2.31. The minimum Gasteiger partial charge on any atom is -0.508 e. The number of aryl methyl sites for hydroxylation is 1. The Morgan fingerprint density at radius 3 is 2.31 bits per heavy atom. The van der Waals surface area contributed by atoms with E-state index < -0.39 is 0 Å². The van der Waals surface area contributed by atoms with E-state index in [-0.39, 0.29) is 5.75 Å². The van der Waals surface area contributed by atoms with Crippen molar-refractivity contribution in [2.45, 2.75) is 6.92 Å². The fourth-order valence-electron chi connectivity index (χ4n) is 1.68. The summed E-state index contributed by atoms with van der Waals surface area (Å²) in [5.74, 6) is 1.13. The SMILES string of the molecule is COc1cc(C)ccc1-c1ccc(O)cc1. The summed E-state index contributed by atoms with van der Waals surface area (Å²) in [4.78, 5) is 0. The second-order valence-corrected chi connectivity index (χ2v) is 3.75. The maximum atomic E-state index is 9.24. The smallest absolute Gasteiger partial charge is 0.126 e. The van der Waals surface area contributed by atoms with Crippen molar-refractivity contribution in [3.05, 3.63) is 48.0 Å². The molecular formula is C14H14O2. The van der Waals surface area contributed by atoms with E-state index >= 15 is 0 Å². The van der Waals surface area contributed by atoms with Crippen LogP contribution in [0.1, 0.15) is 5.56 Å². The Balaban J connectivity index is 2.51. The molecule has 0 fully saturated rings. The summed E-state index contributed by atoms with van der Waals surface area (Å²) in [6, 6.07) is 13.2. The predicted molar refractivity (Wildman–Crippen MR) is 64.8 cm³/mol. The van der Waals surface area contributed by atoms with Crippen LogP contribution in [0, 0.1) is 6.92 Å². The van der Waals surface area contributed by atoms with E-state index in [4.69, 9.17) is 4.74 Å². The molecule has 2 aromatic carbocycles. The van der Waals surface area contributed by atoms with Crippen LogP contribution >= 0.6 is 0 Å². The highest BCUT2D eigenvalue weighted by molar-refractivity contribution is 5.71. The molecule has 0 unspecified atom stereocenters. The van der Waals surface area contributed by atoms with Gasteiger partial charge in [0.25, 0.3) is 0 Å². The highest BCUT2D eigenvalue weighted by atomic mass is 16.5. The predicted octanol–water partition coefficient (Wildman–Crippen LogP) is 3.38. The van der Waals surface area contributed by atoms with Gasteiger partial charge in [-0.05, 0) is 36.2 Å². The number of methoxy groups -OCH3 is 1. The quantitative estimate of drug-likeness (QED) is 0.830. The Morgan fingerprint density at radius 2 is 1.69 bits per heavy atom. The molecule has 0 amide bonds. The number of hydrogen-bond acceptors (Lipinski definition) is 2. The molecule has 0 spiro atoms. The summed E-state index contributed by atoms with van der Waals surface area (Å²) >= 11 is 0. The van der Waals surface area contributed by atoms with Crippen molar-refractivity contribution >= 4 is 0 Å². The minimum atomic E-state index is 0.273. The van der Waals surface area contributed by atoms with E-state index in [1.165, 1.54) is 5.56 Å². The molecule has 0 heterocycles. The standard InChI is InChI=1S/C14H14O2/c1-10-3-8-13(14(9-10)16-2)11-4-6-12(15)7-5-11/h3-9,15H,1-2H3. The van der Waals surface area contributed by atoms with Crippen LogP contribution in [-0.4, -0.2) is 12.2 Å². The first-order chi connectivity index (χ1) is 7.70. The van der Waals surface area contributed by atoms with Crippen LogP contribution < -0.4 is 4.74 Å². The number of phenols is 1. The van der Waals surface area contributed by atoms with E-state index in [9.17, 15) is 5.11 Å². The summed E-state index contributed by atoms with van der Waals surface area (Å²) in [5, 5.41) is 9.24. The van der Waals surface area contributed by atoms with Crippen LogP contribution in [0.4, 0.5) is 0 Å². The van der Waals surface area contributed by atoms with Gasteiger partial charge in [-0.25, -0.2) is 0 Å². The second kappa shape index (κ2) is 4.27. The zero-order valence-corrected chi connectivity index (χ0v) is 9.40. The molecular weight excluding hydrogens is 200 g/mol. The number of ether oxygens (including phenoxy) is 1. The minimum absolute atomic E-state index is 0.273. The molecule has 0 saturated carbocycles. The zero-order chi connectivity index (χ0) is 11.5. The average Bonchev–Trinajstić information content (AvgIpc) is 2.30. The monoisotopic (exact) mass is 214 g/mol. The molecule has 82 valence electrons. The maximum absolute atomic E-state index is 9.24. The summed E-state index contributed by atoms with van der Waals surface area (Å²) in [6.07, 6.45) is 0. The lowest BCUT2D eigenvalue weighted by Crippen LogP contribution is -1.88. The molecule has 2 rings (SSSR count). The van der Waals surface area contributed by atoms with Crippen LogP contribution in [0.15, 0.2) is 42.5 Å². The van der Waals surface area contributed by atoms with Gasteiger partial charge in [-0.3, -0.25) is 0 Å². The van der Waals surface area contributed by atoms with E-state index in [1.54, 1.807) is 19.2 Å². The Bertz CT molecular complexity index is 487. The highest BCUT2D eigenvalue weighted by Gasteiger charge is 2.05. The van der Waals surface area contributed by atoms with Crippen molar-refractivity contribution in [2.24, 2.45) is 0 Å². The Labute approximate surface area is 95.1 Å². The first-order valence-electron chi connectivity index (χ1n) is 5.15. The number of phenolic OH excluding ortho intramolecular Hbond substituents is 1. The Morgan fingerprint density at radius 1 is 1.00 bits per heavy atom. The lowest BCUT2D eigenvalue weighted by molar-refractivity contribution is 0.416. The van der Waals surface area contributed by atoms with Gasteiger partial charge in [0.15, 0.2) is 0 Å². The molecule has 2 nitrogen and oxygen atoms in total. The number of benzene rings is 2. The van der Waals surface area contributed by atoms with Crippen LogP contribution in [0.25, 0.3) is 11.1 Å². The Hall–Kier alpha value is -1.96. The van der Waals surface area contributed by atoms with E-state index in [0.717, 1.165) is 16.9 Å². The van der Waals surface area contributed by atoms with Crippen LogP contribution in [0.5, 0.6) is 11.5 Å². The Kier molecular flexibility index (Phi) is 2.82. The van der Waals surface area contributed by atoms with Gasteiger partial charge in [-0.1, -0.05) is 24.3 Å². The average molecular weight is 214 g/mol. The third kappa shape index (κ3) is 2.01. The van der Waals surface area contributed by atoms with Crippen molar-refractivity contribution in [3.63, 3.8) is 0 Å². The molecule has 2 heteroatoms. The third-order valence-electron chi connectivity index (χ3n) is 2.54. The number of aromatic hydroxyl groups is 1. The van der Waals surface area contributed by atoms with Crippen molar-refractivity contribution < 1.29 is 9.84 Å². The molecule has 0 bridgehead atoms. The van der Waals surface area contributed by atoms with Gasteiger partial charge in [0.1, 0.15) is 11.5 Å². The van der Waals surface area contributed by atoms with Crippen molar-refractivity contribution in [3.8, 4) is 22.6 Å². The maximum Gasteiger partial charge on any atom is 0.126 e. The van der Waals surface area contributed by atoms with Gasteiger partial charge in [0.05, 0.1) is 7.11 Å². The lowest BCUT2D eigenvalue weighted by Gasteiger charge is -2.09. The summed E-state index contributed by atoms with van der Waals surface area (Å²) in [5.41, 5.74) is 3.24. The molecule has 1 N–H and O–H groups in total. The normalized spacial score (nSPS) is 10.1. The molecule has 0 aromatic heterocycles. The van der Waals surface area contributed by atoms with E-state index in [2.05, 4.69) is 0 Å². The molecule has 0 aliphatic heterocycles. The first-order valence-corrected chi connectivity index (χ1v) is 5.15. The van der Waals surface area contributed by atoms with Gasteiger partial charge in [0.2, 0.25) is 0 Å². The largest absolute Gasteiger partial charge is 0.508 e. The van der Waals surface area contributed by atoms with E-state index in [0.29, 0.717) is 0 Å². The number of hydrogen-bond donors (Lipinski definition) is 1. The fraction of sp³-hybridized carbons (Fsp3) is 0.143. The number of rotatable bonds is 2. The molecule has 0 atom stereocenters. The van der Waals surface area contributed by atoms with Crippen LogP contribution in [-0.2, 0) is 0 Å². The van der Waals surface area contributed by atoms with Gasteiger partial charge in [-0.2, -0.15) is 0 Å². The molecule has 0 saturated heterocycles.